The molecule has 18 heavy (non-hydrogen) atoms. The van der Waals surface area contributed by atoms with Gasteiger partial charge in [0.25, 0.3) is 0 Å². The van der Waals surface area contributed by atoms with E-state index in [1.54, 1.807) is 18.4 Å². The number of nitrogens with one attached hydrogen (secondary N) is 1. The van der Waals surface area contributed by atoms with E-state index < -0.39 is 0 Å². The van der Waals surface area contributed by atoms with Crippen LogP contribution in [0, 0.1) is 0 Å². The van der Waals surface area contributed by atoms with Crippen LogP contribution in [-0.4, -0.2) is 26.8 Å². The molecule has 98 valence electrons. The standard InChI is InChI=1S/C11H16ClN5S/c1-3-6-13-8(9-4-5-10(12)18-9)7-11-14-16-17(2)15-11/h4-5,8,13H,3,6-7H2,1-2H3. The fourth-order valence-electron chi connectivity index (χ4n) is 1.70. The van der Waals surface area contributed by atoms with E-state index in [1.807, 2.05) is 6.07 Å². The van der Waals surface area contributed by atoms with Crippen LogP contribution in [0.1, 0.15) is 30.1 Å². The minimum Gasteiger partial charge on any atom is -0.309 e. The largest absolute Gasteiger partial charge is 0.309 e. The molecule has 2 aromatic rings. The number of nitrogens with zero attached hydrogens (tertiary/aromatic N) is 4. The molecule has 1 unspecified atom stereocenters. The van der Waals surface area contributed by atoms with E-state index in [-0.39, 0.29) is 6.04 Å². The molecular formula is C11H16ClN5S. The number of tetrazole rings is 1. The molecule has 1 atom stereocenters. The molecule has 0 saturated carbocycles. The summed E-state index contributed by atoms with van der Waals surface area (Å²) in [4.78, 5) is 2.69. The van der Waals surface area contributed by atoms with E-state index in [4.69, 9.17) is 11.6 Å². The lowest BCUT2D eigenvalue weighted by molar-refractivity contribution is 0.524. The maximum Gasteiger partial charge on any atom is 0.176 e. The van der Waals surface area contributed by atoms with Gasteiger partial charge in [-0.15, -0.1) is 21.5 Å². The number of halogens is 1. The minimum absolute atomic E-state index is 0.201. The lowest BCUT2D eigenvalue weighted by Gasteiger charge is -2.14. The van der Waals surface area contributed by atoms with Gasteiger partial charge >= 0.3 is 0 Å². The Morgan fingerprint density at radius 1 is 1.50 bits per heavy atom. The predicted molar refractivity (Wildman–Crippen MR) is 72.9 cm³/mol. The van der Waals surface area contributed by atoms with Crippen LogP contribution in [0.4, 0.5) is 0 Å². The van der Waals surface area contributed by atoms with Gasteiger partial charge in [0.1, 0.15) is 0 Å². The minimum atomic E-state index is 0.201. The molecule has 0 spiro atoms. The molecule has 0 radical (unpaired) electrons. The van der Waals surface area contributed by atoms with E-state index in [0.29, 0.717) is 0 Å². The maximum absolute atomic E-state index is 5.99. The highest BCUT2D eigenvalue weighted by Gasteiger charge is 2.16. The van der Waals surface area contributed by atoms with E-state index in [2.05, 4.69) is 33.7 Å². The van der Waals surface area contributed by atoms with Crippen molar-refractivity contribution in [1.82, 2.24) is 25.5 Å². The van der Waals surface area contributed by atoms with Crippen molar-refractivity contribution in [2.75, 3.05) is 6.54 Å². The molecule has 0 bridgehead atoms. The van der Waals surface area contributed by atoms with Gasteiger partial charge in [0.2, 0.25) is 0 Å². The summed E-state index contributed by atoms with van der Waals surface area (Å²) in [5.74, 6) is 0.746. The van der Waals surface area contributed by atoms with Crippen LogP contribution >= 0.6 is 22.9 Å². The Kier molecular flexibility index (Phi) is 4.68. The normalized spacial score (nSPS) is 12.8. The van der Waals surface area contributed by atoms with Crippen molar-refractivity contribution in [1.29, 1.82) is 0 Å². The Labute approximate surface area is 115 Å². The predicted octanol–water partition coefficient (Wildman–Crippen LogP) is 2.21. The van der Waals surface area contributed by atoms with Crippen molar-refractivity contribution >= 4 is 22.9 Å². The molecule has 2 aromatic heterocycles. The van der Waals surface area contributed by atoms with Crippen molar-refractivity contribution in [2.24, 2.45) is 7.05 Å². The summed E-state index contributed by atoms with van der Waals surface area (Å²) in [5.41, 5.74) is 0. The molecule has 0 aromatic carbocycles. The highest BCUT2D eigenvalue weighted by atomic mass is 35.5. The molecule has 2 rings (SSSR count). The summed E-state index contributed by atoms with van der Waals surface area (Å²) < 4.78 is 0.806. The van der Waals surface area contributed by atoms with Crippen LogP contribution in [-0.2, 0) is 13.5 Å². The molecule has 0 saturated heterocycles. The van der Waals surface area contributed by atoms with Crippen LogP contribution in [0.2, 0.25) is 4.34 Å². The van der Waals surface area contributed by atoms with Crippen LogP contribution < -0.4 is 5.32 Å². The van der Waals surface area contributed by atoms with E-state index >= 15 is 0 Å². The third kappa shape index (κ3) is 3.51. The van der Waals surface area contributed by atoms with Gasteiger partial charge in [-0.25, -0.2) is 0 Å². The van der Waals surface area contributed by atoms with Gasteiger partial charge in [-0.2, -0.15) is 4.80 Å². The number of aromatic nitrogens is 4. The Morgan fingerprint density at radius 3 is 2.89 bits per heavy atom. The molecule has 0 amide bonds. The van der Waals surface area contributed by atoms with Crippen molar-refractivity contribution in [3.8, 4) is 0 Å². The lowest BCUT2D eigenvalue weighted by Crippen LogP contribution is -2.23. The zero-order valence-electron chi connectivity index (χ0n) is 10.4. The third-order valence-corrected chi connectivity index (χ3v) is 3.86. The average Bonchev–Trinajstić information content (AvgIpc) is 2.93. The summed E-state index contributed by atoms with van der Waals surface area (Å²) in [5, 5.41) is 15.6. The topological polar surface area (TPSA) is 55.6 Å². The molecule has 2 heterocycles. The van der Waals surface area contributed by atoms with Gasteiger partial charge in [-0.3, -0.25) is 0 Å². The van der Waals surface area contributed by atoms with Crippen molar-refractivity contribution < 1.29 is 0 Å². The molecule has 1 N–H and O–H groups in total. The molecule has 0 aliphatic rings. The van der Waals surface area contributed by atoms with E-state index in [0.717, 1.165) is 29.5 Å². The summed E-state index contributed by atoms with van der Waals surface area (Å²) in [6.45, 7) is 3.10. The second kappa shape index (κ2) is 6.26. The number of rotatable bonds is 6. The quantitative estimate of drug-likeness (QED) is 0.884. The van der Waals surface area contributed by atoms with Crippen LogP contribution in [0.5, 0.6) is 0 Å². The smallest absolute Gasteiger partial charge is 0.176 e. The maximum atomic E-state index is 5.99. The summed E-state index contributed by atoms with van der Waals surface area (Å²) >= 11 is 7.58. The van der Waals surface area contributed by atoms with Crippen molar-refractivity contribution in [3.05, 3.63) is 27.2 Å². The SMILES string of the molecule is CCCNC(Cc1nnn(C)n1)c1ccc(Cl)s1. The first-order valence-corrected chi connectivity index (χ1v) is 7.10. The highest BCUT2D eigenvalue weighted by Crippen LogP contribution is 2.28. The van der Waals surface area contributed by atoms with Crippen LogP contribution in [0.3, 0.4) is 0 Å². The molecular weight excluding hydrogens is 270 g/mol. The number of thiophene rings is 1. The zero-order chi connectivity index (χ0) is 13.0. The van der Waals surface area contributed by atoms with Crippen molar-refractivity contribution in [3.63, 3.8) is 0 Å². The monoisotopic (exact) mass is 285 g/mol. The van der Waals surface area contributed by atoms with Gasteiger partial charge in [-0.05, 0) is 30.3 Å². The first-order chi connectivity index (χ1) is 8.69. The van der Waals surface area contributed by atoms with E-state index in [1.165, 1.54) is 9.67 Å². The fraction of sp³-hybridized carbons (Fsp3) is 0.545. The van der Waals surface area contributed by atoms with Gasteiger partial charge in [0.15, 0.2) is 5.82 Å². The zero-order valence-corrected chi connectivity index (χ0v) is 12.0. The average molecular weight is 286 g/mol. The lowest BCUT2D eigenvalue weighted by atomic mass is 10.1. The summed E-state index contributed by atoms with van der Waals surface area (Å²) in [6, 6.07) is 4.18. The highest BCUT2D eigenvalue weighted by molar-refractivity contribution is 7.16. The second-order valence-corrected chi connectivity index (χ2v) is 5.79. The number of aryl methyl sites for hydroxylation is 1. The fourth-order valence-corrected chi connectivity index (χ4v) is 2.83. The van der Waals surface area contributed by atoms with Gasteiger partial charge < -0.3 is 5.32 Å². The van der Waals surface area contributed by atoms with Crippen LogP contribution in [0.15, 0.2) is 12.1 Å². The Balaban J connectivity index is 2.09. The Hall–Kier alpha value is -0.980. The third-order valence-electron chi connectivity index (χ3n) is 2.51. The Bertz CT molecular complexity index is 495. The Morgan fingerprint density at radius 2 is 2.33 bits per heavy atom. The van der Waals surface area contributed by atoms with E-state index in [9.17, 15) is 0 Å². The van der Waals surface area contributed by atoms with Crippen molar-refractivity contribution in [2.45, 2.75) is 25.8 Å². The molecule has 0 fully saturated rings. The molecule has 5 nitrogen and oxygen atoms in total. The molecule has 7 heteroatoms. The van der Waals surface area contributed by atoms with Gasteiger partial charge in [0, 0.05) is 17.3 Å². The van der Waals surface area contributed by atoms with Gasteiger partial charge in [-0.1, -0.05) is 18.5 Å². The first kappa shape index (κ1) is 13.5. The molecule has 0 aliphatic heterocycles. The van der Waals surface area contributed by atoms with Crippen LogP contribution in [0.25, 0.3) is 0 Å². The first-order valence-electron chi connectivity index (χ1n) is 5.90. The van der Waals surface area contributed by atoms with Gasteiger partial charge in [0.05, 0.1) is 11.4 Å². The number of hydrogen-bond donors (Lipinski definition) is 1. The summed E-state index contributed by atoms with van der Waals surface area (Å²) in [7, 11) is 1.77. The number of hydrogen-bond acceptors (Lipinski definition) is 5. The summed E-state index contributed by atoms with van der Waals surface area (Å²) in [6.07, 6.45) is 1.81. The molecule has 0 aliphatic carbocycles. The second-order valence-electron chi connectivity index (χ2n) is 4.05.